The van der Waals surface area contributed by atoms with Crippen LogP contribution in [0.3, 0.4) is 0 Å². The standard InChI is InChI=1S/C15H20O5S/c1-2-21-15-12(17)11(16)13-10(19-15)8-18-14(20-13)9-6-4-3-5-7-9/h3-7,10-17H,2,8H2,1H3/t10-,11-,12+,13-,14-,15-/m1/s1. The molecule has 3 rings (SSSR count). The molecule has 116 valence electrons. The average Bonchev–Trinajstić information content (AvgIpc) is 2.53. The normalized spacial score (nSPS) is 39.8. The van der Waals surface area contributed by atoms with Crippen LogP contribution >= 0.6 is 11.8 Å². The SMILES string of the molecule is CCS[C@H]1O[C@@H]2CO[C@@H](c3ccccc3)O[C@H]2[C@H](O)[C@@H]1O. The molecule has 2 aliphatic rings. The third-order valence-electron chi connectivity index (χ3n) is 3.74. The summed E-state index contributed by atoms with van der Waals surface area (Å²) >= 11 is 1.47. The molecule has 0 spiro atoms. The highest BCUT2D eigenvalue weighted by atomic mass is 32.2. The minimum Gasteiger partial charge on any atom is -0.387 e. The van der Waals surface area contributed by atoms with Crippen LogP contribution in [0.1, 0.15) is 18.8 Å². The van der Waals surface area contributed by atoms with Gasteiger partial charge in [-0.05, 0) is 5.75 Å². The van der Waals surface area contributed by atoms with Crippen molar-refractivity contribution < 1.29 is 24.4 Å². The van der Waals surface area contributed by atoms with Gasteiger partial charge in [0.2, 0.25) is 0 Å². The van der Waals surface area contributed by atoms with Gasteiger partial charge >= 0.3 is 0 Å². The number of ether oxygens (including phenoxy) is 3. The summed E-state index contributed by atoms with van der Waals surface area (Å²) in [5.41, 5.74) is 0.453. The van der Waals surface area contributed by atoms with Crippen LogP contribution in [0.15, 0.2) is 30.3 Å². The summed E-state index contributed by atoms with van der Waals surface area (Å²) in [6, 6.07) is 9.56. The van der Waals surface area contributed by atoms with E-state index in [1.807, 2.05) is 37.3 Å². The van der Waals surface area contributed by atoms with Crippen LogP contribution in [-0.4, -0.2) is 52.4 Å². The smallest absolute Gasteiger partial charge is 0.184 e. The maximum Gasteiger partial charge on any atom is 0.184 e. The molecule has 0 bridgehead atoms. The van der Waals surface area contributed by atoms with Gasteiger partial charge in [0.25, 0.3) is 0 Å². The van der Waals surface area contributed by atoms with Gasteiger partial charge in [-0.3, -0.25) is 0 Å². The van der Waals surface area contributed by atoms with Crippen LogP contribution in [0.25, 0.3) is 0 Å². The predicted molar refractivity (Wildman–Crippen MR) is 78.8 cm³/mol. The molecule has 0 radical (unpaired) electrons. The lowest BCUT2D eigenvalue weighted by Crippen LogP contribution is -2.60. The summed E-state index contributed by atoms with van der Waals surface area (Å²) in [6.07, 6.45) is -3.39. The van der Waals surface area contributed by atoms with E-state index in [-0.39, 0.29) is 6.10 Å². The van der Waals surface area contributed by atoms with Gasteiger partial charge in [0, 0.05) is 5.56 Å². The monoisotopic (exact) mass is 312 g/mol. The van der Waals surface area contributed by atoms with E-state index in [4.69, 9.17) is 14.2 Å². The van der Waals surface area contributed by atoms with E-state index in [1.54, 1.807) is 0 Å². The molecule has 6 heteroatoms. The number of benzene rings is 1. The van der Waals surface area contributed by atoms with Gasteiger partial charge in [0.1, 0.15) is 29.9 Å². The Kier molecular flexibility index (Phi) is 4.83. The fourth-order valence-corrected chi connectivity index (χ4v) is 3.57. The molecule has 2 aliphatic heterocycles. The fraction of sp³-hybridized carbons (Fsp3) is 0.600. The van der Waals surface area contributed by atoms with E-state index < -0.39 is 30.0 Å². The largest absolute Gasteiger partial charge is 0.387 e. The highest BCUT2D eigenvalue weighted by Crippen LogP contribution is 2.36. The second-order valence-electron chi connectivity index (χ2n) is 5.16. The van der Waals surface area contributed by atoms with Crippen molar-refractivity contribution in [1.82, 2.24) is 0 Å². The molecule has 0 aromatic heterocycles. The van der Waals surface area contributed by atoms with Gasteiger partial charge in [0.05, 0.1) is 6.61 Å². The lowest BCUT2D eigenvalue weighted by atomic mass is 9.99. The van der Waals surface area contributed by atoms with E-state index in [0.29, 0.717) is 6.61 Å². The van der Waals surface area contributed by atoms with Gasteiger partial charge in [-0.25, -0.2) is 0 Å². The molecule has 0 amide bonds. The Morgan fingerprint density at radius 2 is 1.90 bits per heavy atom. The van der Waals surface area contributed by atoms with Crippen molar-refractivity contribution >= 4 is 11.8 Å². The first kappa shape index (κ1) is 15.3. The highest BCUT2D eigenvalue weighted by molar-refractivity contribution is 7.99. The first-order valence-electron chi connectivity index (χ1n) is 7.16. The van der Waals surface area contributed by atoms with Crippen molar-refractivity contribution in [3.8, 4) is 0 Å². The number of fused-ring (bicyclic) bond motifs is 1. The second-order valence-corrected chi connectivity index (χ2v) is 6.53. The van der Waals surface area contributed by atoms with Crippen LogP contribution in [0.5, 0.6) is 0 Å². The minimum atomic E-state index is -0.970. The maximum atomic E-state index is 10.3. The maximum absolute atomic E-state index is 10.3. The molecule has 0 aliphatic carbocycles. The van der Waals surface area contributed by atoms with Gasteiger partial charge in [-0.2, -0.15) is 0 Å². The van der Waals surface area contributed by atoms with Crippen molar-refractivity contribution in [2.45, 2.75) is 43.1 Å². The number of thioether (sulfide) groups is 1. The van der Waals surface area contributed by atoms with Crippen molar-refractivity contribution in [3.05, 3.63) is 35.9 Å². The highest BCUT2D eigenvalue weighted by Gasteiger charge is 2.48. The van der Waals surface area contributed by atoms with E-state index in [1.165, 1.54) is 11.8 Å². The molecule has 2 saturated heterocycles. The van der Waals surface area contributed by atoms with Crippen molar-refractivity contribution in [1.29, 1.82) is 0 Å². The van der Waals surface area contributed by atoms with E-state index in [0.717, 1.165) is 11.3 Å². The summed E-state index contributed by atoms with van der Waals surface area (Å²) in [4.78, 5) is 0. The first-order chi connectivity index (χ1) is 10.2. The van der Waals surface area contributed by atoms with Crippen molar-refractivity contribution in [3.63, 3.8) is 0 Å². The van der Waals surface area contributed by atoms with Gasteiger partial charge in [0.15, 0.2) is 6.29 Å². The Bertz CT molecular complexity index is 455. The molecule has 2 N–H and O–H groups in total. The van der Waals surface area contributed by atoms with Crippen LogP contribution in [0.4, 0.5) is 0 Å². The molecule has 5 nitrogen and oxygen atoms in total. The fourth-order valence-electron chi connectivity index (χ4n) is 2.66. The minimum absolute atomic E-state index is 0.342. The zero-order chi connectivity index (χ0) is 14.8. The van der Waals surface area contributed by atoms with Gasteiger partial charge in [-0.15, -0.1) is 11.8 Å². The van der Waals surface area contributed by atoms with E-state index in [2.05, 4.69) is 0 Å². The molecular formula is C15H20O5S. The topological polar surface area (TPSA) is 68.2 Å². The molecule has 2 fully saturated rings. The zero-order valence-corrected chi connectivity index (χ0v) is 12.6. The summed E-state index contributed by atoms with van der Waals surface area (Å²) < 4.78 is 17.3. The third-order valence-corrected chi connectivity index (χ3v) is 4.79. The number of hydrogen-bond acceptors (Lipinski definition) is 6. The van der Waals surface area contributed by atoms with Gasteiger partial charge in [-0.1, -0.05) is 37.3 Å². The number of rotatable bonds is 3. The van der Waals surface area contributed by atoms with E-state index in [9.17, 15) is 10.2 Å². The number of aliphatic hydroxyl groups is 2. The van der Waals surface area contributed by atoms with Crippen molar-refractivity contribution in [2.24, 2.45) is 0 Å². The Balaban J connectivity index is 1.71. The number of hydrogen-bond donors (Lipinski definition) is 2. The van der Waals surface area contributed by atoms with Crippen LogP contribution in [0, 0.1) is 0 Å². The first-order valence-corrected chi connectivity index (χ1v) is 8.20. The Hall–Kier alpha value is -0.630. The predicted octanol–water partition coefficient (Wildman–Crippen LogP) is 1.30. The van der Waals surface area contributed by atoms with Gasteiger partial charge < -0.3 is 24.4 Å². The molecule has 0 unspecified atom stereocenters. The van der Waals surface area contributed by atoms with Crippen LogP contribution in [-0.2, 0) is 14.2 Å². The Morgan fingerprint density at radius 1 is 1.14 bits per heavy atom. The third kappa shape index (κ3) is 3.11. The van der Waals surface area contributed by atoms with E-state index >= 15 is 0 Å². The van der Waals surface area contributed by atoms with Crippen molar-refractivity contribution in [2.75, 3.05) is 12.4 Å². The summed E-state index contributed by atoms with van der Waals surface area (Å²) in [7, 11) is 0. The average molecular weight is 312 g/mol. The lowest BCUT2D eigenvalue weighted by molar-refractivity contribution is -0.318. The summed E-state index contributed by atoms with van der Waals surface area (Å²) in [5, 5.41) is 20.5. The molecule has 21 heavy (non-hydrogen) atoms. The molecular weight excluding hydrogens is 292 g/mol. The summed E-state index contributed by atoms with van der Waals surface area (Å²) in [6.45, 7) is 2.33. The lowest BCUT2D eigenvalue weighted by Gasteiger charge is -2.46. The zero-order valence-electron chi connectivity index (χ0n) is 11.8. The molecule has 0 saturated carbocycles. The van der Waals surface area contributed by atoms with Crippen LogP contribution < -0.4 is 0 Å². The quantitative estimate of drug-likeness (QED) is 0.877. The Morgan fingerprint density at radius 3 is 2.62 bits per heavy atom. The molecule has 1 aromatic rings. The molecule has 2 heterocycles. The molecule has 1 aromatic carbocycles. The molecule has 6 atom stereocenters. The van der Waals surface area contributed by atoms with Crippen LogP contribution in [0.2, 0.25) is 0 Å². The summed E-state index contributed by atoms with van der Waals surface area (Å²) in [5.74, 6) is 0.806. The number of aliphatic hydroxyl groups excluding tert-OH is 2. The Labute approximate surface area is 128 Å². The second kappa shape index (κ2) is 6.64.